The van der Waals surface area contributed by atoms with E-state index >= 15 is 0 Å². The summed E-state index contributed by atoms with van der Waals surface area (Å²) < 4.78 is 7.23. The zero-order valence-corrected chi connectivity index (χ0v) is 14.9. The summed E-state index contributed by atoms with van der Waals surface area (Å²) in [5, 5.41) is 6.85. The first-order chi connectivity index (χ1) is 12.7. The minimum atomic E-state index is -0.310. The van der Waals surface area contributed by atoms with Crippen LogP contribution in [0.3, 0.4) is 0 Å². The highest BCUT2D eigenvalue weighted by molar-refractivity contribution is 6.09. The summed E-state index contributed by atoms with van der Waals surface area (Å²) in [6.07, 6.45) is 0.665. The van der Waals surface area contributed by atoms with Gasteiger partial charge >= 0.3 is 5.97 Å². The lowest BCUT2D eigenvalue weighted by Gasteiger charge is -2.10. The maximum Gasteiger partial charge on any atom is 0.342 e. The van der Waals surface area contributed by atoms with Gasteiger partial charge in [-0.05, 0) is 24.8 Å². The first-order valence-electron chi connectivity index (χ1n) is 8.90. The van der Waals surface area contributed by atoms with Crippen LogP contribution in [0.15, 0.2) is 60.7 Å². The van der Waals surface area contributed by atoms with E-state index < -0.39 is 0 Å². The van der Waals surface area contributed by atoms with Crippen molar-refractivity contribution >= 4 is 22.3 Å². The Hall–Kier alpha value is -3.14. The maximum absolute atomic E-state index is 12.7. The van der Waals surface area contributed by atoms with Crippen LogP contribution in [0.4, 0.5) is 0 Å². The average Bonchev–Trinajstić information content (AvgIpc) is 3.08. The van der Waals surface area contributed by atoms with Crippen LogP contribution in [-0.2, 0) is 11.2 Å². The number of hydrogen-bond donors (Lipinski definition) is 0. The SMILES string of the molecule is CCOC(=O)c1c(CC)nn2c(-c3ccccc3)cc3ccccc3c12. The van der Waals surface area contributed by atoms with Crippen LogP contribution in [0, 0.1) is 0 Å². The maximum atomic E-state index is 12.7. The van der Waals surface area contributed by atoms with E-state index in [9.17, 15) is 4.79 Å². The van der Waals surface area contributed by atoms with Gasteiger partial charge in [-0.2, -0.15) is 5.10 Å². The van der Waals surface area contributed by atoms with Crippen molar-refractivity contribution in [2.75, 3.05) is 6.61 Å². The second-order valence-electron chi connectivity index (χ2n) is 6.14. The van der Waals surface area contributed by atoms with Gasteiger partial charge in [0.05, 0.1) is 23.5 Å². The van der Waals surface area contributed by atoms with Crippen LogP contribution in [0.25, 0.3) is 27.5 Å². The Bertz CT molecular complexity index is 1100. The van der Waals surface area contributed by atoms with Crippen LogP contribution in [0.2, 0.25) is 0 Å². The molecule has 2 aromatic heterocycles. The Kier molecular flexibility index (Phi) is 4.17. The Morgan fingerprint density at radius 3 is 2.50 bits per heavy atom. The number of fused-ring (bicyclic) bond motifs is 3. The number of carbonyl (C=O) groups is 1. The van der Waals surface area contributed by atoms with E-state index in [1.165, 1.54) is 0 Å². The van der Waals surface area contributed by atoms with Crippen molar-refractivity contribution in [3.05, 3.63) is 71.9 Å². The van der Waals surface area contributed by atoms with Crippen LogP contribution < -0.4 is 0 Å². The van der Waals surface area contributed by atoms with Crippen LogP contribution >= 0.6 is 0 Å². The Labute approximate surface area is 152 Å². The molecule has 130 valence electrons. The fourth-order valence-corrected chi connectivity index (χ4v) is 3.41. The smallest absolute Gasteiger partial charge is 0.342 e. The fourth-order valence-electron chi connectivity index (χ4n) is 3.41. The number of ether oxygens (including phenoxy) is 1. The van der Waals surface area contributed by atoms with E-state index in [-0.39, 0.29) is 5.97 Å². The molecule has 26 heavy (non-hydrogen) atoms. The van der Waals surface area contributed by atoms with Crippen molar-refractivity contribution in [2.24, 2.45) is 0 Å². The molecule has 0 unspecified atom stereocenters. The summed E-state index contributed by atoms with van der Waals surface area (Å²) in [6.45, 7) is 4.17. The number of esters is 1. The predicted molar refractivity (Wildman–Crippen MR) is 103 cm³/mol. The first-order valence-corrected chi connectivity index (χ1v) is 8.90. The summed E-state index contributed by atoms with van der Waals surface area (Å²) in [7, 11) is 0. The number of aryl methyl sites for hydroxylation is 1. The van der Waals surface area contributed by atoms with E-state index in [4.69, 9.17) is 9.84 Å². The molecule has 0 saturated carbocycles. The van der Waals surface area contributed by atoms with Gasteiger partial charge in [0.1, 0.15) is 5.56 Å². The monoisotopic (exact) mass is 344 g/mol. The van der Waals surface area contributed by atoms with E-state index in [0.717, 1.165) is 33.2 Å². The van der Waals surface area contributed by atoms with Crippen molar-refractivity contribution in [3.63, 3.8) is 0 Å². The van der Waals surface area contributed by atoms with Gasteiger partial charge in [0.25, 0.3) is 0 Å². The fraction of sp³-hybridized carbons (Fsp3) is 0.182. The molecule has 4 heteroatoms. The first kappa shape index (κ1) is 16.3. The van der Waals surface area contributed by atoms with Crippen molar-refractivity contribution < 1.29 is 9.53 Å². The number of pyridine rings is 1. The normalized spacial score (nSPS) is 11.2. The van der Waals surface area contributed by atoms with Gasteiger partial charge in [0.2, 0.25) is 0 Å². The Morgan fingerprint density at radius 2 is 1.77 bits per heavy atom. The Morgan fingerprint density at radius 1 is 1.04 bits per heavy atom. The molecule has 0 saturated heterocycles. The third kappa shape index (κ3) is 2.54. The topological polar surface area (TPSA) is 43.6 Å². The van der Waals surface area contributed by atoms with Crippen LogP contribution in [0.5, 0.6) is 0 Å². The third-order valence-corrected chi connectivity index (χ3v) is 4.58. The highest BCUT2D eigenvalue weighted by Gasteiger charge is 2.23. The minimum absolute atomic E-state index is 0.310. The molecular formula is C22H20N2O2. The number of carbonyl (C=O) groups excluding carboxylic acids is 1. The number of hydrogen-bond acceptors (Lipinski definition) is 3. The van der Waals surface area contributed by atoms with Crippen molar-refractivity contribution in [2.45, 2.75) is 20.3 Å². The molecule has 0 N–H and O–H groups in total. The predicted octanol–water partition coefficient (Wildman–Crippen LogP) is 4.89. The van der Waals surface area contributed by atoms with Crippen molar-refractivity contribution in [3.8, 4) is 11.3 Å². The number of nitrogens with zero attached hydrogens (tertiary/aromatic N) is 2. The van der Waals surface area contributed by atoms with Crippen LogP contribution in [0.1, 0.15) is 29.9 Å². The lowest BCUT2D eigenvalue weighted by molar-refractivity contribution is 0.0527. The zero-order valence-electron chi connectivity index (χ0n) is 14.9. The van der Waals surface area contributed by atoms with E-state index in [1.807, 2.05) is 54.8 Å². The molecule has 4 rings (SSSR count). The standard InChI is InChI=1S/C22H20N2O2/c1-3-18-20(22(25)26-4-2)21-17-13-9-8-12-16(17)14-19(24(21)23-18)15-10-6-5-7-11-15/h5-14H,3-4H2,1-2H3. The van der Waals surface area contributed by atoms with Crippen LogP contribution in [-0.4, -0.2) is 22.2 Å². The average molecular weight is 344 g/mol. The molecule has 4 nitrogen and oxygen atoms in total. The van der Waals surface area contributed by atoms with Crippen molar-refractivity contribution in [1.29, 1.82) is 0 Å². The molecule has 0 radical (unpaired) electrons. The van der Waals surface area contributed by atoms with Gasteiger partial charge in [-0.15, -0.1) is 0 Å². The molecule has 0 fully saturated rings. The summed E-state index contributed by atoms with van der Waals surface area (Å²) in [5.74, 6) is -0.310. The molecule has 0 bridgehead atoms. The highest BCUT2D eigenvalue weighted by atomic mass is 16.5. The third-order valence-electron chi connectivity index (χ3n) is 4.58. The highest BCUT2D eigenvalue weighted by Crippen LogP contribution is 2.32. The Balaban J connectivity index is 2.15. The van der Waals surface area contributed by atoms with Gasteiger partial charge in [0.15, 0.2) is 0 Å². The lowest BCUT2D eigenvalue weighted by Crippen LogP contribution is -2.07. The van der Waals surface area contributed by atoms with Gasteiger partial charge in [-0.1, -0.05) is 61.5 Å². The van der Waals surface area contributed by atoms with E-state index in [0.29, 0.717) is 18.6 Å². The van der Waals surface area contributed by atoms with Gasteiger partial charge in [-0.3, -0.25) is 0 Å². The number of rotatable bonds is 4. The second kappa shape index (κ2) is 6.64. The summed E-state index contributed by atoms with van der Waals surface area (Å²) in [6, 6.07) is 20.3. The van der Waals surface area contributed by atoms with E-state index in [1.54, 1.807) is 0 Å². The zero-order chi connectivity index (χ0) is 18.1. The van der Waals surface area contributed by atoms with Gasteiger partial charge in [0, 0.05) is 10.9 Å². The molecule has 0 atom stereocenters. The quantitative estimate of drug-likeness (QED) is 0.495. The number of aromatic nitrogens is 2. The summed E-state index contributed by atoms with van der Waals surface area (Å²) in [4.78, 5) is 12.7. The number of benzene rings is 2. The molecular weight excluding hydrogens is 324 g/mol. The molecule has 0 aliphatic carbocycles. The van der Waals surface area contributed by atoms with Gasteiger partial charge < -0.3 is 4.74 Å². The minimum Gasteiger partial charge on any atom is -0.462 e. The molecule has 0 spiro atoms. The summed E-state index contributed by atoms with van der Waals surface area (Å²) in [5.41, 5.74) is 4.17. The molecule has 0 amide bonds. The molecule has 2 aromatic carbocycles. The van der Waals surface area contributed by atoms with E-state index in [2.05, 4.69) is 24.3 Å². The summed E-state index contributed by atoms with van der Waals surface area (Å²) >= 11 is 0. The largest absolute Gasteiger partial charge is 0.462 e. The second-order valence-corrected chi connectivity index (χ2v) is 6.14. The molecule has 0 aliphatic heterocycles. The molecule has 4 aromatic rings. The molecule has 0 aliphatic rings. The van der Waals surface area contributed by atoms with Gasteiger partial charge in [-0.25, -0.2) is 9.31 Å². The molecule has 2 heterocycles. The lowest BCUT2D eigenvalue weighted by atomic mass is 10.0. The van der Waals surface area contributed by atoms with Crippen molar-refractivity contribution in [1.82, 2.24) is 9.61 Å².